The number of carbonyl (C=O) groups is 1. The van der Waals surface area contributed by atoms with Crippen molar-refractivity contribution in [3.63, 3.8) is 0 Å². The molecule has 5 rings (SSSR count). The van der Waals surface area contributed by atoms with Crippen LogP contribution in [0.2, 0.25) is 10.2 Å². The zero-order chi connectivity index (χ0) is 24.7. The highest BCUT2D eigenvalue weighted by molar-refractivity contribution is 6.34. The molecule has 0 aliphatic carbocycles. The van der Waals surface area contributed by atoms with Gasteiger partial charge < -0.3 is 24.3 Å². The Balaban J connectivity index is 1.51. The number of fused-ring (bicyclic) bond motifs is 1. The number of aliphatic hydroxyl groups is 2. The molecular weight excluding hydrogens is 493 g/mol. The predicted molar refractivity (Wildman–Crippen MR) is 129 cm³/mol. The van der Waals surface area contributed by atoms with Crippen molar-refractivity contribution in [3.05, 3.63) is 94.0 Å². The van der Waals surface area contributed by atoms with Gasteiger partial charge in [-0.3, -0.25) is 0 Å². The average Bonchev–Trinajstić information content (AvgIpc) is 3.35. The van der Waals surface area contributed by atoms with Gasteiger partial charge in [-0.25, -0.2) is 14.8 Å². The van der Waals surface area contributed by atoms with E-state index in [0.717, 1.165) is 5.56 Å². The van der Waals surface area contributed by atoms with E-state index in [9.17, 15) is 15.0 Å². The van der Waals surface area contributed by atoms with Gasteiger partial charge in [0.2, 0.25) is 0 Å². The smallest absolute Gasteiger partial charge is 0.338 e. The van der Waals surface area contributed by atoms with Crippen molar-refractivity contribution in [1.82, 2.24) is 14.5 Å². The molecule has 1 aliphatic heterocycles. The second-order valence-electron chi connectivity index (χ2n) is 8.30. The Kier molecular flexibility index (Phi) is 6.48. The fraction of sp³-hybridized carbons (Fsp3) is 0.240. The summed E-state index contributed by atoms with van der Waals surface area (Å²) in [5.74, 6) is -0.596. The van der Waals surface area contributed by atoms with Crippen LogP contribution >= 0.6 is 23.2 Å². The highest BCUT2D eigenvalue weighted by Gasteiger charge is 2.49. The number of carbonyl (C=O) groups excluding carboxylic acids is 1. The monoisotopic (exact) mass is 513 g/mol. The van der Waals surface area contributed by atoms with E-state index >= 15 is 0 Å². The van der Waals surface area contributed by atoms with Gasteiger partial charge in [-0.05, 0) is 42.3 Å². The van der Waals surface area contributed by atoms with Crippen molar-refractivity contribution < 1.29 is 24.5 Å². The predicted octanol–water partition coefficient (Wildman–Crippen LogP) is 4.26. The van der Waals surface area contributed by atoms with Gasteiger partial charge in [0.15, 0.2) is 12.3 Å². The van der Waals surface area contributed by atoms with Gasteiger partial charge in [-0.2, -0.15) is 0 Å². The van der Waals surface area contributed by atoms with Crippen molar-refractivity contribution in [1.29, 1.82) is 0 Å². The van der Waals surface area contributed by atoms with Crippen LogP contribution in [0, 0.1) is 6.92 Å². The number of rotatable bonds is 5. The van der Waals surface area contributed by atoms with Crippen LogP contribution in [0.4, 0.5) is 0 Å². The third-order valence-corrected chi connectivity index (χ3v) is 6.58. The summed E-state index contributed by atoms with van der Waals surface area (Å²) >= 11 is 12.3. The van der Waals surface area contributed by atoms with Gasteiger partial charge >= 0.3 is 5.97 Å². The van der Waals surface area contributed by atoms with E-state index < -0.39 is 36.6 Å². The Bertz CT molecular complexity index is 1360. The van der Waals surface area contributed by atoms with E-state index in [1.807, 2.05) is 6.92 Å². The highest BCUT2D eigenvalue weighted by Crippen LogP contribution is 2.40. The lowest BCUT2D eigenvalue weighted by molar-refractivity contribution is -0.0916. The molecule has 0 saturated carbocycles. The number of benzene rings is 2. The lowest BCUT2D eigenvalue weighted by atomic mass is 9.99. The molecule has 1 saturated heterocycles. The summed E-state index contributed by atoms with van der Waals surface area (Å²) in [5.41, 5.74) is 2.12. The summed E-state index contributed by atoms with van der Waals surface area (Å²) in [6.07, 6.45) is -2.81. The first-order chi connectivity index (χ1) is 16.8. The van der Waals surface area contributed by atoms with E-state index in [2.05, 4.69) is 9.97 Å². The number of ether oxygens (including phenoxy) is 2. The average molecular weight is 514 g/mol. The third-order valence-electron chi connectivity index (χ3n) is 6.04. The number of halogens is 2. The second kappa shape index (κ2) is 9.56. The van der Waals surface area contributed by atoms with Crippen LogP contribution in [0.1, 0.15) is 33.8 Å². The normalized spacial score (nSPS) is 22.9. The molecule has 0 spiro atoms. The molecule has 2 aromatic heterocycles. The van der Waals surface area contributed by atoms with Gasteiger partial charge in [-0.1, -0.05) is 53.5 Å². The SMILES string of the molecule is Cc1cn([C@@H]2O[C@H]([C@H](OC(=O)c3ccccc3)c3ccc(Cl)cc3)[C@@H](O)[C@H]2O)c2ncnc(Cl)c12. The van der Waals surface area contributed by atoms with Gasteiger partial charge in [0, 0.05) is 11.2 Å². The van der Waals surface area contributed by atoms with Crippen LogP contribution < -0.4 is 0 Å². The summed E-state index contributed by atoms with van der Waals surface area (Å²) in [4.78, 5) is 21.2. The molecule has 0 amide bonds. The first-order valence-electron chi connectivity index (χ1n) is 10.9. The fourth-order valence-corrected chi connectivity index (χ4v) is 4.72. The molecule has 8 nitrogen and oxygen atoms in total. The van der Waals surface area contributed by atoms with E-state index in [0.29, 0.717) is 27.2 Å². The van der Waals surface area contributed by atoms with Gasteiger partial charge in [0.1, 0.15) is 35.4 Å². The summed E-state index contributed by atoms with van der Waals surface area (Å²) in [6.45, 7) is 1.83. The number of esters is 1. The minimum absolute atomic E-state index is 0.270. The lowest BCUT2D eigenvalue weighted by Crippen LogP contribution is -2.36. The third kappa shape index (κ3) is 4.39. The van der Waals surface area contributed by atoms with Crippen molar-refractivity contribution in [2.45, 2.75) is 37.6 Å². The minimum Gasteiger partial charge on any atom is -0.451 e. The molecule has 2 aromatic carbocycles. The van der Waals surface area contributed by atoms with Gasteiger partial charge in [0.05, 0.1) is 10.9 Å². The highest BCUT2D eigenvalue weighted by atomic mass is 35.5. The fourth-order valence-electron chi connectivity index (χ4n) is 4.32. The van der Waals surface area contributed by atoms with Crippen molar-refractivity contribution in [2.75, 3.05) is 0 Å². The number of aliphatic hydroxyl groups excluding tert-OH is 2. The summed E-state index contributed by atoms with van der Waals surface area (Å²) in [7, 11) is 0. The molecule has 4 aromatic rings. The zero-order valence-electron chi connectivity index (χ0n) is 18.5. The molecule has 0 bridgehead atoms. The van der Waals surface area contributed by atoms with Crippen molar-refractivity contribution in [3.8, 4) is 0 Å². The maximum Gasteiger partial charge on any atom is 0.338 e. The molecule has 3 heterocycles. The van der Waals surface area contributed by atoms with Crippen molar-refractivity contribution in [2.24, 2.45) is 0 Å². The first kappa shape index (κ1) is 23.7. The molecule has 1 fully saturated rings. The maximum atomic E-state index is 12.9. The molecule has 0 unspecified atom stereocenters. The van der Waals surface area contributed by atoms with Crippen LogP contribution in [0.15, 0.2) is 67.1 Å². The lowest BCUT2D eigenvalue weighted by Gasteiger charge is -2.26. The number of hydrogen-bond acceptors (Lipinski definition) is 7. The van der Waals surface area contributed by atoms with E-state index in [-0.39, 0.29) is 5.15 Å². The molecular formula is C25H21Cl2N3O5. The van der Waals surface area contributed by atoms with E-state index in [1.54, 1.807) is 65.4 Å². The van der Waals surface area contributed by atoms with Crippen LogP contribution in [-0.4, -0.2) is 49.0 Å². The number of nitrogens with zero attached hydrogens (tertiary/aromatic N) is 3. The number of aryl methyl sites for hydroxylation is 1. The quantitative estimate of drug-likeness (QED) is 0.303. The first-order valence-corrected chi connectivity index (χ1v) is 11.6. The molecule has 5 atom stereocenters. The van der Waals surface area contributed by atoms with Crippen LogP contribution in [-0.2, 0) is 9.47 Å². The molecule has 1 aliphatic rings. The molecule has 35 heavy (non-hydrogen) atoms. The Morgan fingerprint density at radius 3 is 2.49 bits per heavy atom. The Labute approximate surface area is 210 Å². The largest absolute Gasteiger partial charge is 0.451 e. The summed E-state index contributed by atoms with van der Waals surface area (Å²) in [5, 5.41) is 23.4. The minimum atomic E-state index is -1.38. The summed E-state index contributed by atoms with van der Waals surface area (Å²) < 4.78 is 13.6. The van der Waals surface area contributed by atoms with Crippen LogP contribution in [0.25, 0.3) is 11.0 Å². The Morgan fingerprint density at radius 1 is 1.06 bits per heavy atom. The van der Waals surface area contributed by atoms with Gasteiger partial charge in [-0.15, -0.1) is 0 Å². The summed E-state index contributed by atoms with van der Waals surface area (Å²) in [6, 6.07) is 15.2. The molecule has 2 N–H and O–H groups in total. The van der Waals surface area contributed by atoms with E-state index in [4.69, 9.17) is 32.7 Å². The Morgan fingerprint density at radius 2 is 1.77 bits per heavy atom. The second-order valence-corrected chi connectivity index (χ2v) is 9.09. The standard InChI is InChI=1S/C25H21Cl2N3O5/c1-13-11-30(23-17(13)22(27)28-12-29-23)24-19(32)18(31)21(34-24)20(14-7-9-16(26)10-8-14)35-25(33)15-5-3-2-4-6-15/h2-12,18-21,24,31-32H,1H3/t18-,19+,20+,21-,24+/m0/s1. The number of aromatic nitrogens is 3. The zero-order valence-corrected chi connectivity index (χ0v) is 20.0. The molecule has 0 radical (unpaired) electrons. The molecule has 10 heteroatoms. The van der Waals surface area contributed by atoms with Crippen LogP contribution in [0.3, 0.4) is 0 Å². The van der Waals surface area contributed by atoms with Gasteiger partial charge in [0.25, 0.3) is 0 Å². The topological polar surface area (TPSA) is 107 Å². The Hall–Kier alpha value is -3.01. The molecule has 180 valence electrons. The van der Waals surface area contributed by atoms with E-state index in [1.165, 1.54) is 6.33 Å². The number of hydrogen-bond donors (Lipinski definition) is 2. The maximum absolute atomic E-state index is 12.9. The van der Waals surface area contributed by atoms with Crippen LogP contribution in [0.5, 0.6) is 0 Å². The van der Waals surface area contributed by atoms with Crippen molar-refractivity contribution >= 4 is 40.2 Å².